The van der Waals surface area contributed by atoms with Gasteiger partial charge in [-0.15, -0.1) is 10.2 Å². The third kappa shape index (κ3) is 5.12. The molecule has 3 atom stereocenters. The molecule has 0 spiro atoms. The van der Waals surface area contributed by atoms with Gasteiger partial charge in [0.1, 0.15) is 34.2 Å². The molecular formula is C26H30N6O7S. The molecule has 0 saturated carbocycles. The fraction of sp³-hybridized carbons (Fsp3) is 0.385. The van der Waals surface area contributed by atoms with Gasteiger partial charge in [-0.2, -0.15) is 8.42 Å². The van der Waals surface area contributed by atoms with Gasteiger partial charge in [-0.25, -0.2) is 4.98 Å². The van der Waals surface area contributed by atoms with E-state index in [-0.39, 0.29) is 12.4 Å². The molecule has 1 aromatic carbocycles. The quantitative estimate of drug-likeness (QED) is 0.398. The summed E-state index contributed by atoms with van der Waals surface area (Å²) in [5.41, 5.74) is 1.72. The molecule has 1 fully saturated rings. The molecule has 13 nitrogen and oxygen atoms in total. The first-order chi connectivity index (χ1) is 19.3. The largest absolute Gasteiger partial charge is 0.494 e. The van der Waals surface area contributed by atoms with E-state index >= 15 is 0 Å². The molecular weight excluding hydrogens is 540 g/mol. The van der Waals surface area contributed by atoms with Gasteiger partial charge in [0.2, 0.25) is 11.8 Å². The second-order valence-electron chi connectivity index (χ2n) is 9.24. The number of aliphatic imine (C=N–C) groups is 1. The van der Waals surface area contributed by atoms with Crippen LogP contribution in [-0.4, -0.2) is 84.4 Å². The summed E-state index contributed by atoms with van der Waals surface area (Å²) in [7, 11) is 0.170. The lowest BCUT2D eigenvalue weighted by molar-refractivity contribution is 0.00312. The topological polar surface area (TPSA) is 150 Å². The van der Waals surface area contributed by atoms with Crippen LogP contribution in [0.5, 0.6) is 17.4 Å². The number of pyridine rings is 1. The van der Waals surface area contributed by atoms with Crippen molar-refractivity contribution in [3.05, 3.63) is 48.2 Å². The summed E-state index contributed by atoms with van der Waals surface area (Å²) in [5, 5.41) is 7.84. The van der Waals surface area contributed by atoms with Crippen LogP contribution in [0.3, 0.4) is 0 Å². The van der Waals surface area contributed by atoms with Crippen molar-refractivity contribution in [3.8, 4) is 34.6 Å². The molecule has 0 radical (unpaired) electrons. The van der Waals surface area contributed by atoms with Gasteiger partial charge >= 0.3 is 0 Å². The minimum atomic E-state index is -4.43. The Morgan fingerprint density at radius 2 is 1.75 bits per heavy atom. The third-order valence-corrected chi connectivity index (χ3v) is 7.98. The number of allylic oxidation sites excluding steroid dienone is 1. The van der Waals surface area contributed by atoms with Crippen molar-refractivity contribution in [2.45, 2.75) is 37.3 Å². The van der Waals surface area contributed by atoms with Crippen molar-refractivity contribution >= 4 is 22.3 Å². The molecule has 2 aliphatic heterocycles. The summed E-state index contributed by atoms with van der Waals surface area (Å²) in [6.07, 6.45) is 2.28. The Kier molecular flexibility index (Phi) is 7.74. The summed E-state index contributed by atoms with van der Waals surface area (Å²) < 4.78 is 59.2. The maximum atomic E-state index is 12.4. The van der Waals surface area contributed by atoms with Crippen LogP contribution in [-0.2, 0) is 14.9 Å². The van der Waals surface area contributed by atoms with Crippen LogP contribution >= 0.6 is 0 Å². The molecule has 1 saturated heterocycles. The monoisotopic (exact) mass is 570 g/mol. The van der Waals surface area contributed by atoms with Gasteiger partial charge in [-0.3, -0.25) is 19.0 Å². The first kappa shape index (κ1) is 27.6. The van der Waals surface area contributed by atoms with Crippen LogP contribution in [0.15, 0.2) is 53.2 Å². The molecule has 40 heavy (non-hydrogen) atoms. The highest BCUT2D eigenvalue weighted by Gasteiger charge is 2.44. The summed E-state index contributed by atoms with van der Waals surface area (Å²) in [6.45, 7) is 2.18. The number of nitrogens with zero attached hydrogens (tertiary/aromatic N) is 6. The molecule has 2 aliphatic rings. The van der Waals surface area contributed by atoms with Gasteiger partial charge in [0.05, 0.1) is 21.3 Å². The lowest BCUT2D eigenvalue weighted by Gasteiger charge is -2.39. The van der Waals surface area contributed by atoms with E-state index in [0.29, 0.717) is 47.6 Å². The van der Waals surface area contributed by atoms with Crippen LogP contribution in [0.4, 0.5) is 5.95 Å². The molecule has 0 bridgehead atoms. The number of anilines is 1. The molecule has 1 N–H and O–H groups in total. The SMILES string of the molecule is COc1cccc(-c2nnc(N3C=C(C)C=NC3[C@H]3OCCC[C@H]3S(=O)(=O)O)n2-c2c(OC)cccc2OC)n1. The Hall–Kier alpha value is -4.01. The fourth-order valence-corrected chi connectivity index (χ4v) is 5.93. The van der Waals surface area contributed by atoms with E-state index in [9.17, 15) is 13.0 Å². The van der Waals surface area contributed by atoms with Crippen molar-refractivity contribution < 1.29 is 31.9 Å². The van der Waals surface area contributed by atoms with Gasteiger partial charge in [0.25, 0.3) is 10.1 Å². The van der Waals surface area contributed by atoms with Crippen LogP contribution in [0.25, 0.3) is 17.2 Å². The number of methoxy groups -OCH3 is 3. The average molecular weight is 571 g/mol. The van der Waals surface area contributed by atoms with Crippen molar-refractivity contribution in [3.63, 3.8) is 0 Å². The number of hydrogen-bond donors (Lipinski definition) is 1. The first-order valence-electron chi connectivity index (χ1n) is 12.5. The summed E-state index contributed by atoms with van der Waals surface area (Å²) in [5.74, 6) is 1.92. The van der Waals surface area contributed by atoms with Gasteiger partial charge in [0, 0.05) is 25.1 Å². The molecule has 3 aromatic rings. The molecule has 5 rings (SSSR count). The van der Waals surface area contributed by atoms with E-state index in [1.165, 1.54) is 21.3 Å². The van der Waals surface area contributed by atoms with Gasteiger partial charge in [-0.05, 0) is 43.5 Å². The van der Waals surface area contributed by atoms with E-state index in [0.717, 1.165) is 5.57 Å². The molecule has 0 amide bonds. The standard InChI is InChI=1S/C26H30N6O7S/c1-16-14-27-25(23-20(40(33,34)35)11-7-13-39-23)31(15-16)26-30-29-24(17-8-5-12-21(28-17)38-4)32(26)22-18(36-2)9-6-10-19(22)37-3/h5-6,8-10,12,14-15,20,23,25H,7,11,13H2,1-4H3,(H,33,34,35)/t20-,23+,25?/m1/s1. The smallest absolute Gasteiger partial charge is 0.270 e. The number of rotatable bonds is 8. The molecule has 0 aliphatic carbocycles. The van der Waals surface area contributed by atoms with Crippen molar-refractivity contribution in [2.75, 3.05) is 32.8 Å². The second-order valence-corrected chi connectivity index (χ2v) is 10.9. The van der Waals surface area contributed by atoms with Crippen LogP contribution < -0.4 is 19.1 Å². The predicted octanol–water partition coefficient (Wildman–Crippen LogP) is 2.91. The average Bonchev–Trinajstić information content (AvgIpc) is 3.40. The summed E-state index contributed by atoms with van der Waals surface area (Å²) >= 11 is 0. The molecule has 2 aromatic heterocycles. The number of hydrogen-bond acceptors (Lipinski definition) is 11. The van der Waals surface area contributed by atoms with Crippen LogP contribution in [0, 0.1) is 0 Å². The lowest BCUT2D eigenvalue weighted by Crippen LogP contribution is -2.53. The Balaban J connectivity index is 1.75. The maximum Gasteiger partial charge on any atom is 0.270 e. The Morgan fingerprint density at radius 3 is 2.42 bits per heavy atom. The second kappa shape index (κ2) is 11.2. The summed E-state index contributed by atoms with van der Waals surface area (Å²) in [6, 6.07) is 10.6. The summed E-state index contributed by atoms with van der Waals surface area (Å²) in [4.78, 5) is 10.9. The van der Waals surface area contributed by atoms with E-state index < -0.39 is 27.6 Å². The Labute approximate surface area is 231 Å². The first-order valence-corrected chi connectivity index (χ1v) is 14.0. The van der Waals surface area contributed by atoms with Crippen molar-refractivity contribution in [1.82, 2.24) is 19.7 Å². The third-order valence-electron chi connectivity index (χ3n) is 6.71. The van der Waals surface area contributed by atoms with E-state index in [1.54, 1.807) is 58.3 Å². The number of aromatic nitrogens is 4. The van der Waals surface area contributed by atoms with E-state index in [1.807, 2.05) is 6.92 Å². The minimum Gasteiger partial charge on any atom is -0.494 e. The molecule has 1 unspecified atom stereocenters. The maximum absolute atomic E-state index is 12.4. The van der Waals surface area contributed by atoms with Gasteiger partial charge < -0.3 is 18.9 Å². The molecule has 4 heterocycles. The zero-order chi connectivity index (χ0) is 28.4. The number of ether oxygens (including phenoxy) is 4. The van der Waals surface area contributed by atoms with Crippen LogP contribution in [0.2, 0.25) is 0 Å². The van der Waals surface area contributed by atoms with Crippen molar-refractivity contribution in [2.24, 2.45) is 4.99 Å². The van der Waals surface area contributed by atoms with Gasteiger partial charge in [0.15, 0.2) is 12.0 Å². The van der Waals surface area contributed by atoms with E-state index in [4.69, 9.17) is 18.9 Å². The Bertz CT molecular complexity index is 1530. The zero-order valence-electron chi connectivity index (χ0n) is 22.5. The fourth-order valence-electron chi connectivity index (χ4n) is 4.91. The number of para-hydroxylation sites is 1. The van der Waals surface area contributed by atoms with Crippen LogP contribution in [0.1, 0.15) is 19.8 Å². The normalized spacial score (nSPS) is 21.2. The molecule has 14 heteroatoms. The minimum absolute atomic E-state index is 0.234. The number of benzene rings is 1. The van der Waals surface area contributed by atoms with E-state index in [2.05, 4.69) is 20.2 Å². The lowest BCUT2D eigenvalue weighted by atomic mass is 10.0. The zero-order valence-corrected chi connectivity index (χ0v) is 23.3. The Morgan fingerprint density at radius 1 is 1.02 bits per heavy atom. The highest BCUT2D eigenvalue weighted by molar-refractivity contribution is 7.86. The molecule has 212 valence electrons. The van der Waals surface area contributed by atoms with Crippen molar-refractivity contribution in [1.29, 1.82) is 0 Å². The predicted molar refractivity (Wildman–Crippen MR) is 147 cm³/mol. The van der Waals surface area contributed by atoms with Gasteiger partial charge in [-0.1, -0.05) is 12.1 Å². The highest BCUT2D eigenvalue weighted by Crippen LogP contribution is 2.40. The highest BCUT2D eigenvalue weighted by atomic mass is 32.2.